The van der Waals surface area contributed by atoms with Crippen LogP contribution in [0, 0.1) is 0 Å². The van der Waals surface area contributed by atoms with Gasteiger partial charge < -0.3 is 14.2 Å². The van der Waals surface area contributed by atoms with Gasteiger partial charge in [0, 0.05) is 51.0 Å². The Morgan fingerprint density at radius 1 is 0.302 bits per heavy atom. The first kappa shape index (κ1) is 38.4. The molecule has 10 aromatic rings. The van der Waals surface area contributed by atoms with E-state index < -0.39 is 17.9 Å². The monoisotopic (exact) mass is 819 g/mol. The molecule has 0 aliphatic heterocycles. The highest BCUT2D eigenvalue weighted by Crippen LogP contribution is 2.31. The zero-order valence-electron chi connectivity index (χ0n) is 33.3. The van der Waals surface area contributed by atoms with Crippen molar-refractivity contribution in [2.75, 3.05) is 0 Å². The smallest absolute Gasteiger partial charge is 0.343 e. The second-order valence-electron chi connectivity index (χ2n) is 14.7. The third kappa shape index (κ3) is 8.35. The fourth-order valence-corrected chi connectivity index (χ4v) is 7.23. The van der Waals surface area contributed by atoms with Crippen LogP contribution in [0.15, 0.2) is 200 Å². The average molecular weight is 820 g/mol. The van der Waals surface area contributed by atoms with Gasteiger partial charge in [0.05, 0.1) is 50.3 Å². The van der Waals surface area contributed by atoms with E-state index in [2.05, 4.69) is 0 Å². The first-order valence-corrected chi connectivity index (χ1v) is 20.1. The van der Waals surface area contributed by atoms with Crippen molar-refractivity contribution in [1.82, 2.24) is 15.0 Å². The van der Waals surface area contributed by atoms with E-state index in [4.69, 9.17) is 29.2 Å². The molecule has 63 heavy (non-hydrogen) atoms. The first-order valence-electron chi connectivity index (χ1n) is 20.1. The third-order valence-electron chi connectivity index (χ3n) is 10.5. The second kappa shape index (κ2) is 16.7. The Balaban J connectivity index is 0.892. The number of hydrogen-bond acceptors (Lipinski definition) is 9. The maximum Gasteiger partial charge on any atom is 0.343 e. The number of fused-ring (bicyclic) bond motifs is 3. The summed E-state index contributed by atoms with van der Waals surface area (Å²) in [7, 11) is 0. The number of nitrogens with zero attached hydrogens (tertiary/aromatic N) is 3. The molecule has 300 valence electrons. The van der Waals surface area contributed by atoms with Crippen LogP contribution in [0.2, 0.25) is 0 Å². The molecule has 0 aliphatic carbocycles. The number of carbonyl (C=O) groups excluding carboxylic acids is 3. The Kier molecular flexibility index (Phi) is 10.2. The highest BCUT2D eigenvalue weighted by molar-refractivity contribution is 5.94. The molecule has 0 saturated heterocycles. The quantitative estimate of drug-likeness (QED) is 0.104. The molecule has 0 fully saturated rings. The van der Waals surface area contributed by atoms with Crippen LogP contribution in [0.1, 0.15) is 31.1 Å². The van der Waals surface area contributed by atoms with Gasteiger partial charge in [-0.25, -0.2) is 29.3 Å². The van der Waals surface area contributed by atoms with Gasteiger partial charge in [-0.3, -0.25) is 0 Å². The SMILES string of the molecule is O=C(Oc1cc(OC(=O)c2ccc(-c3ccc4ccccc4n3)cc2)cc(OC(=O)c2ccc(-c3ccc4ccccc4n3)cc2)c1)c1ccc(-c2ccc3ccccc3n2)cc1. The minimum Gasteiger partial charge on any atom is -0.423 e. The van der Waals surface area contributed by atoms with Gasteiger partial charge in [-0.05, 0) is 72.8 Å². The van der Waals surface area contributed by atoms with Gasteiger partial charge in [-0.15, -0.1) is 0 Å². The van der Waals surface area contributed by atoms with E-state index in [9.17, 15) is 14.4 Å². The molecule has 9 heteroatoms. The number of ether oxygens (including phenoxy) is 3. The van der Waals surface area contributed by atoms with Crippen molar-refractivity contribution in [2.45, 2.75) is 0 Å². The molecule has 0 amide bonds. The fourth-order valence-electron chi connectivity index (χ4n) is 7.23. The highest BCUT2D eigenvalue weighted by atomic mass is 16.6. The molecule has 7 aromatic carbocycles. The lowest BCUT2D eigenvalue weighted by Crippen LogP contribution is -2.12. The number of aromatic nitrogens is 3. The summed E-state index contributed by atoms with van der Waals surface area (Å²) in [6, 6.07) is 60.1. The molecule has 3 heterocycles. The Morgan fingerprint density at radius 3 is 0.857 bits per heavy atom. The summed E-state index contributed by atoms with van der Waals surface area (Å²) in [5.74, 6) is -2.06. The maximum atomic E-state index is 13.5. The fraction of sp³-hybridized carbons (Fsp3) is 0. The lowest BCUT2D eigenvalue weighted by Gasteiger charge is -2.12. The molecule has 10 rings (SSSR count). The summed E-state index contributed by atoms with van der Waals surface area (Å²) >= 11 is 0. The molecule has 9 nitrogen and oxygen atoms in total. The van der Waals surface area contributed by atoms with Crippen molar-refractivity contribution in [3.05, 3.63) is 217 Å². The predicted octanol–water partition coefficient (Wildman–Crippen LogP) is 12.0. The number of esters is 3. The maximum absolute atomic E-state index is 13.5. The topological polar surface area (TPSA) is 118 Å². The van der Waals surface area contributed by atoms with E-state index in [-0.39, 0.29) is 33.9 Å². The molecule has 0 radical (unpaired) electrons. The van der Waals surface area contributed by atoms with Crippen molar-refractivity contribution in [2.24, 2.45) is 0 Å². The van der Waals surface area contributed by atoms with Crippen molar-refractivity contribution in [3.8, 4) is 51.0 Å². The molecule has 0 N–H and O–H groups in total. The minimum atomic E-state index is -0.676. The van der Waals surface area contributed by atoms with Crippen LogP contribution >= 0.6 is 0 Å². The third-order valence-corrected chi connectivity index (χ3v) is 10.5. The summed E-state index contributed by atoms with van der Waals surface area (Å²) in [6.07, 6.45) is 0. The van der Waals surface area contributed by atoms with E-state index in [0.29, 0.717) is 0 Å². The van der Waals surface area contributed by atoms with E-state index in [1.807, 2.05) is 109 Å². The minimum absolute atomic E-state index is 0.0103. The van der Waals surface area contributed by atoms with Gasteiger partial charge in [0.25, 0.3) is 0 Å². The van der Waals surface area contributed by atoms with Gasteiger partial charge in [0.1, 0.15) is 17.2 Å². The number of rotatable bonds is 9. The van der Waals surface area contributed by atoms with Crippen molar-refractivity contribution in [3.63, 3.8) is 0 Å². The number of carbonyl (C=O) groups is 3. The van der Waals surface area contributed by atoms with Gasteiger partial charge >= 0.3 is 17.9 Å². The van der Waals surface area contributed by atoms with Crippen LogP contribution in [-0.2, 0) is 0 Å². The van der Waals surface area contributed by atoms with Crippen LogP contribution in [-0.4, -0.2) is 32.9 Å². The molecule has 0 atom stereocenters. The normalized spacial score (nSPS) is 11.0. The van der Waals surface area contributed by atoms with Crippen molar-refractivity contribution < 1.29 is 28.6 Å². The Morgan fingerprint density at radius 2 is 0.571 bits per heavy atom. The Hall–Kier alpha value is -8.82. The van der Waals surface area contributed by atoms with Crippen LogP contribution in [0.25, 0.3) is 66.5 Å². The average Bonchev–Trinajstić information content (AvgIpc) is 3.33. The zero-order chi connectivity index (χ0) is 42.7. The largest absolute Gasteiger partial charge is 0.423 e. The zero-order valence-corrected chi connectivity index (χ0v) is 33.3. The van der Waals surface area contributed by atoms with E-state index >= 15 is 0 Å². The number of benzene rings is 7. The Labute approximate surface area is 360 Å². The van der Waals surface area contributed by atoms with Gasteiger partial charge in [0.2, 0.25) is 0 Å². The summed E-state index contributed by atoms with van der Waals surface area (Å²) in [6.45, 7) is 0. The Bertz CT molecular complexity index is 3000. The lowest BCUT2D eigenvalue weighted by atomic mass is 10.1. The van der Waals surface area contributed by atoms with Crippen molar-refractivity contribution >= 4 is 50.6 Å². The molecular weight excluding hydrogens is 787 g/mol. The van der Waals surface area contributed by atoms with Gasteiger partial charge in [-0.2, -0.15) is 0 Å². The van der Waals surface area contributed by atoms with Crippen LogP contribution < -0.4 is 14.2 Å². The van der Waals surface area contributed by atoms with E-state index in [0.717, 1.165) is 66.5 Å². The lowest BCUT2D eigenvalue weighted by molar-refractivity contribution is 0.0730. The second-order valence-corrected chi connectivity index (χ2v) is 14.7. The number of hydrogen-bond donors (Lipinski definition) is 0. The molecule has 0 spiro atoms. The molecule has 0 unspecified atom stereocenters. The number of pyridine rings is 3. The molecule has 0 aliphatic rings. The van der Waals surface area contributed by atoms with Crippen LogP contribution in [0.3, 0.4) is 0 Å². The number of para-hydroxylation sites is 3. The predicted molar refractivity (Wildman–Crippen MR) is 243 cm³/mol. The van der Waals surface area contributed by atoms with Gasteiger partial charge in [-0.1, -0.05) is 109 Å². The summed E-state index contributed by atoms with van der Waals surface area (Å²) in [4.78, 5) is 54.8. The first-order chi connectivity index (χ1) is 30.9. The molecule has 3 aromatic heterocycles. The summed E-state index contributed by atoms with van der Waals surface area (Å²) < 4.78 is 17.4. The van der Waals surface area contributed by atoms with E-state index in [1.165, 1.54) is 18.2 Å². The standard InChI is InChI=1S/C54H33N3O6/c58-52(40-19-13-37(14-20-40)49-28-25-34-7-1-4-10-46(34)55-49)61-43-31-44(62-53(59)41-21-15-38(16-22-41)50-29-26-35-8-2-5-11-47(35)56-50)33-45(32-43)63-54(60)42-23-17-39(18-24-42)51-30-27-36-9-3-6-12-48(36)57-51/h1-33H. The van der Waals surface area contributed by atoms with Crippen LogP contribution in [0.4, 0.5) is 0 Å². The van der Waals surface area contributed by atoms with Crippen molar-refractivity contribution in [1.29, 1.82) is 0 Å². The molecular formula is C54H33N3O6. The summed E-state index contributed by atoms with van der Waals surface area (Å²) in [5, 5.41) is 3.08. The highest BCUT2D eigenvalue weighted by Gasteiger charge is 2.18. The van der Waals surface area contributed by atoms with Crippen LogP contribution in [0.5, 0.6) is 17.2 Å². The van der Waals surface area contributed by atoms with Gasteiger partial charge in [0.15, 0.2) is 0 Å². The molecule has 0 bridgehead atoms. The summed E-state index contributed by atoms with van der Waals surface area (Å²) in [5.41, 5.74) is 8.13. The van der Waals surface area contributed by atoms with E-state index in [1.54, 1.807) is 72.8 Å². The molecule has 0 saturated carbocycles.